The molecule has 1 aromatic rings. The van der Waals surface area contributed by atoms with Gasteiger partial charge in [0.2, 0.25) is 5.91 Å². The van der Waals surface area contributed by atoms with Crippen LogP contribution in [0.15, 0.2) is 23.2 Å². The Balaban J connectivity index is 2.21. The Morgan fingerprint density at radius 2 is 2.29 bits per heavy atom. The summed E-state index contributed by atoms with van der Waals surface area (Å²) < 4.78 is 23.7. The van der Waals surface area contributed by atoms with Crippen molar-refractivity contribution in [3.05, 3.63) is 18.3 Å². The Hall–Kier alpha value is -1.63. The van der Waals surface area contributed by atoms with E-state index in [0.29, 0.717) is 18.8 Å². The summed E-state index contributed by atoms with van der Waals surface area (Å²) in [5, 5.41) is 2.97. The lowest BCUT2D eigenvalue weighted by Gasteiger charge is -2.34. The number of aromatic nitrogens is 1. The summed E-state index contributed by atoms with van der Waals surface area (Å²) in [6, 6.07) is 3.24. The first-order chi connectivity index (χ1) is 9.91. The first-order valence-electron chi connectivity index (χ1n) is 7.11. The van der Waals surface area contributed by atoms with Crippen molar-refractivity contribution >= 4 is 21.6 Å². The average molecular weight is 311 g/mol. The van der Waals surface area contributed by atoms with Crippen LogP contribution in [-0.4, -0.2) is 44.7 Å². The third-order valence-corrected chi connectivity index (χ3v) is 4.68. The Morgan fingerprint density at radius 3 is 2.95 bits per heavy atom. The van der Waals surface area contributed by atoms with Crippen LogP contribution in [-0.2, 0) is 14.6 Å². The van der Waals surface area contributed by atoms with Crippen molar-refractivity contribution in [3.63, 3.8) is 0 Å². The highest BCUT2D eigenvalue weighted by Gasteiger charge is 2.25. The van der Waals surface area contributed by atoms with E-state index in [0.717, 1.165) is 19.4 Å². The van der Waals surface area contributed by atoms with Crippen molar-refractivity contribution in [2.75, 3.05) is 24.2 Å². The zero-order valence-electron chi connectivity index (χ0n) is 12.4. The van der Waals surface area contributed by atoms with Crippen molar-refractivity contribution < 1.29 is 13.2 Å². The second-order valence-corrected chi connectivity index (χ2v) is 7.29. The van der Waals surface area contributed by atoms with Gasteiger partial charge >= 0.3 is 0 Å². The summed E-state index contributed by atoms with van der Waals surface area (Å²) in [6.45, 7) is 3.15. The normalized spacial score (nSPS) is 19.3. The molecule has 1 fully saturated rings. The van der Waals surface area contributed by atoms with E-state index in [1.165, 1.54) is 6.26 Å². The van der Waals surface area contributed by atoms with Crippen molar-refractivity contribution in [1.29, 1.82) is 0 Å². The van der Waals surface area contributed by atoms with Crippen LogP contribution in [0.1, 0.15) is 26.2 Å². The van der Waals surface area contributed by atoms with Crippen LogP contribution in [0.5, 0.6) is 0 Å². The largest absolute Gasteiger partial charge is 0.353 e. The van der Waals surface area contributed by atoms with Crippen molar-refractivity contribution in [1.82, 2.24) is 10.3 Å². The van der Waals surface area contributed by atoms with Gasteiger partial charge in [0.25, 0.3) is 0 Å². The number of piperidine rings is 1. The molecule has 116 valence electrons. The van der Waals surface area contributed by atoms with Gasteiger partial charge in [0.05, 0.1) is 0 Å². The molecule has 1 unspecified atom stereocenters. The Morgan fingerprint density at radius 1 is 1.52 bits per heavy atom. The molecule has 1 amide bonds. The van der Waals surface area contributed by atoms with Crippen LogP contribution >= 0.6 is 0 Å². The summed E-state index contributed by atoms with van der Waals surface area (Å²) in [7, 11) is -3.32. The minimum atomic E-state index is -3.32. The van der Waals surface area contributed by atoms with E-state index < -0.39 is 9.84 Å². The molecule has 0 radical (unpaired) electrons. The zero-order valence-corrected chi connectivity index (χ0v) is 13.2. The fourth-order valence-electron chi connectivity index (χ4n) is 2.53. The third-order valence-electron chi connectivity index (χ3n) is 3.56. The molecule has 1 N–H and O–H groups in total. The lowest BCUT2D eigenvalue weighted by Crippen LogP contribution is -2.48. The van der Waals surface area contributed by atoms with Crippen molar-refractivity contribution in [3.8, 4) is 0 Å². The standard InChI is InChI=1S/C14H21N3O3S/c1-3-13(18)16-11-6-5-9-17(10-11)14-12(21(2,19)20)7-4-8-15-14/h4,7-8,11H,3,5-6,9-10H2,1-2H3,(H,16,18). The van der Waals surface area contributed by atoms with Gasteiger partial charge in [-0.25, -0.2) is 13.4 Å². The molecule has 7 heteroatoms. The molecule has 2 rings (SSSR count). The number of amides is 1. The number of hydrogen-bond acceptors (Lipinski definition) is 5. The molecule has 0 aromatic carbocycles. The van der Waals surface area contributed by atoms with Gasteiger partial charge in [0.1, 0.15) is 10.7 Å². The highest BCUT2D eigenvalue weighted by molar-refractivity contribution is 7.90. The fraction of sp³-hybridized carbons (Fsp3) is 0.571. The molecule has 1 saturated heterocycles. The summed E-state index contributed by atoms with van der Waals surface area (Å²) in [5.74, 6) is 0.502. The Bertz CT molecular complexity index is 616. The summed E-state index contributed by atoms with van der Waals surface area (Å²) >= 11 is 0. The molecule has 0 bridgehead atoms. The van der Waals surface area contributed by atoms with Crippen molar-refractivity contribution in [2.45, 2.75) is 37.1 Å². The molecule has 1 aliphatic rings. The zero-order chi connectivity index (χ0) is 15.5. The fourth-order valence-corrected chi connectivity index (χ4v) is 3.37. The topological polar surface area (TPSA) is 79.4 Å². The van der Waals surface area contributed by atoms with Gasteiger partial charge < -0.3 is 10.2 Å². The molecular weight excluding hydrogens is 290 g/mol. The maximum atomic E-state index is 11.9. The average Bonchev–Trinajstić information content (AvgIpc) is 2.46. The van der Waals surface area contributed by atoms with Crippen molar-refractivity contribution in [2.24, 2.45) is 0 Å². The van der Waals surface area contributed by atoms with E-state index in [1.54, 1.807) is 18.3 Å². The number of pyridine rings is 1. The summed E-state index contributed by atoms with van der Waals surface area (Å²) in [5.41, 5.74) is 0. The van der Waals surface area contributed by atoms with Gasteiger partial charge in [-0.3, -0.25) is 4.79 Å². The maximum Gasteiger partial charge on any atom is 0.219 e. The van der Waals surface area contributed by atoms with Gasteiger partial charge in [-0.1, -0.05) is 6.92 Å². The van der Waals surface area contributed by atoms with E-state index in [-0.39, 0.29) is 16.8 Å². The third kappa shape index (κ3) is 3.93. The van der Waals surface area contributed by atoms with E-state index in [1.807, 2.05) is 11.8 Å². The van der Waals surface area contributed by atoms with Gasteiger partial charge in [-0.15, -0.1) is 0 Å². The molecular formula is C14H21N3O3S. The van der Waals surface area contributed by atoms with Crippen LogP contribution in [0.3, 0.4) is 0 Å². The second-order valence-electron chi connectivity index (χ2n) is 5.30. The monoisotopic (exact) mass is 311 g/mol. The van der Waals surface area contributed by atoms with Crippen LogP contribution in [0.2, 0.25) is 0 Å². The molecule has 1 aromatic heterocycles. The number of nitrogens with zero attached hydrogens (tertiary/aromatic N) is 2. The molecule has 0 saturated carbocycles. The van der Waals surface area contributed by atoms with Gasteiger partial charge in [-0.05, 0) is 25.0 Å². The van der Waals surface area contributed by atoms with Gasteiger partial charge in [-0.2, -0.15) is 0 Å². The van der Waals surface area contributed by atoms with Crippen LogP contribution in [0.4, 0.5) is 5.82 Å². The minimum Gasteiger partial charge on any atom is -0.353 e. The minimum absolute atomic E-state index is 0.0196. The van der Waals surface area contributed by atoms with Crippen LogP contribution < -0.4 is 10.2 Å². The van der Waals surface area contributed by atoms with E-state index >= 15 is 0 Å². The summed E-state index contributed by atoms with van der Waals surface area (Å²) in [4.78, 5) is 17.9. The quantitative estimate of drug-likeness (QED) is 0.896. The first kappa shape index (κ1) is 15.8. The predicted molar refractivity (Wildman–Crippen MR) is 81.0 cm³/mol. The number of carbonyl (C=O) groups is 1. The SMILES string of the molecule is CCC(=O)NC1CCCN(c2ncccc2S(C)(=O)=O)C1. The maximum absolute atomic E-state index is 11.9. The number of nitrogens with one attached hydrogen (secondary N) is 1. The van der Waals surface area contributed by atoms with E-state index in [2.05, 4.69) is 10.3 Å². The predicted octanol–water partition coefficient (Wildman–Crippen LogP) is 0.980. The molecule has 6 nitrogen and oxygen atoms in total. The molecule has 1 atom stereocenters. The molecule has 0 aliphatic carbocycles. The van der Waals surface area contributed by atoms with Gasteiger partial charge in [0, 0.05) is 38.0 Å². The lowest BCUT2D eigenvalue weighted by atomic mass is 10.1. The van der Waals surface area contributed by atoms with E-state index in [9.17, 15) is 13.2 Å². The second kappa shape index (κ2) is 6.43. The Kier molecular flexibility index (Phi) is 4.82. The molecule has 1 aliphatic heterocycles. The number of anilines is 1. The highest BCUT2D eigenvalue weighted by atomic mass is 32.2. The van der Waals surface area contributed by atoms with Crippen LogP contribution in [0, 0.1) is 0 Å². The molecule has 21 heavy (non-hydrogen) atoms. The smallest absolute Gasteiger partial charge is 0.219 e. The first-order valence-corrected chi connectivity index (χ1v) is 9.00. The van der Waals surface area contributed by atoms with Gasteiger partial charge in [0.15, 0.2) is 9.84 Å². The summed E-state index contributed by atoms with van der Waals surface area (Å²) in [6.07, 6.45) is 5.04. The number of sulfone groups is 1. The highest BCUT2D eigenvalue weighted by Crippen LogP contribution is 2.25. The number of rotatable bonds is 4. The molecule has 2 heterocycles. The van der Waals surface area contributed by atoms with E-state index in [4.69, 9.17) is 0 Å². The number of carbonyl (C=O) groups excluding carboxylic acids is 1. The lowest BCUT2D eigenvalue weighted by molar-refractivity contribution is -0.121. The van der Waals surface area contributed by atoms with Crippen LogP contribution in [0.25, 0.3) is 0 Å². The Labute approximate surface area is 125 Å². The number of hydrogen-bond donors (Lipinski definition) is 1. The molecule has 0 spiro atoms.